The van der Waals surface area contributed by atoms with Gasteiger partial charge in [-0.25, -0.2) is 0 Å². The molecule has 1 atom stereocenters. The Morgan fingerprint density at radius 3 is 2.29 bits per heavy atom. The molecule has 0 saturated carbocycles. The maximum absolute atomic E-state index is 6.69. The maximum Gasteiger partial charge on any atom is 0.152 e. The maximum atomic E-state index is 6.69. The fourth-order valence-corrected chi connectivity index (χ4v) is 0.601. The fraction of sp³-hybridized carbons (Fsp3) is 0.667. The van der Waals surface area contributed by atoms with Crippen molar-refractivity contribution in [2.45, 2.75) is 12.3 Å². The van der Waals surface area contributed by atoms with Crippen molar-refractivity contribution >= 4 is 16.9 Å². The van der Waals surface area contributed by atoms with Crippen molar-refractivity contribution in [1.82, 2.24) is 0 Å². The van der Waals surface area contributed by atoms with Crippen LogP contribution in [0.5, 0.6) is 0 Å². The molecule has 0 heterocycles. The van der Waals surface area contributed by atoms with Gasteiger partial charge in [-0.15, -0.1) is 0 Å². The third-order valence-corrected chi connectivity index (χ3v) is 0.939. The molecule has 0 aromatic heterocycles. The summed E-state index contributed by atoms with van der Waals surface area (Å²) >= 11 is 1.15. The van der Waals surface area contributed by atoms with Gasteiger partial charge in [-0.1, -0.05) is 11.8 Å². The smallest absolute Gasteiger partial charge is 0.152 e. The molecule has 42 valence electrons. The molecule has 0 amide bonds. The Hall–Kier alpha value is -0.220. The highest BCUT2D eigenvalue weighted by molar-refractivity contribution is 8.14. The quantitative estimate of drug-likeness (QED) is 0.257. The van der Waals surface area contributed by atoms with Crippen LogP contribution in [-0.4, -0.2) is 10.5 Å². The first kappa shape index (κ1) is 6.78. The minimum atomic E-state index is -0.0579. The monoisotopic (exact) mass is 119 g/mol. The molecule has 0 spiro atoms. The van der Waals surface area contributed by atoms with E-state index >= 15 is 0 Å². The van der Waals surface area contributed by atoms with Crippen LogP contribution in [0.15, 0.2) is 0 Å². The van der Waals surface area contributed by atoms with Crippen molar-refractivity contribution in [3.05, 3.63) is 0 Å². The van der Waals surface area contributed by atoms with E-state index in [1.165, 1.54) is 0 Å². The Morgan fingerprint density at radius 2 is 2.29 bits per heavy atom. The van der Waals surface area contributed by atoms with Gasteiger partial charge in [-0.05, 0) is 6.92 Å². The second-order valence-corrected chi connectivity index (χ2v) is 2.61. The average molecular weight is 119 g/mol. The van der Waals surface area contributed by atoms with Crippen LogP contribution in [0.1, 0.15) is 6.92 Å². The van der Waals surface area contributed by atoms with Crippen molar-refractivity contribution in [3.8, 4) is 0 Å². The zero-order valence-corrected chi connectivity index (χ0v) is 4.96. The Morgan fingerprint density at radius 1 is 1.86 bits per heavy atom. The summed E-state index contributed by atoms with van der Waals surface area (Å²) in [6, 6.07) is 0. The van der Waals surface area contributed by atoms with Gasteiger partial charge >= 0.3 is 0 Å². The van der Waals surface area contributed by atoms with E-state index in [9.17, 15) is 0 Å². The number of rotatable bonds is 1. The standard InChI is InChI=1S/C3H9N3S/c1-2(4)7-3(5)6/h2H,4H2,1H3,(H3,5,6). The number of hydrogen-bond acceptors (Lipinski definition) is 3. The molecule has 4 heteroatoms. The highest BCUT2D eigenvalue weighted by Crippen LogP contribution is 2.00. The number of thioether (sulfide) groups is 1. The lowest BCUT2D eigenvalue weighted by atomic mass is 10.8. The molecule has 1 unspecified atom stereocenters. The molecule has 3 nitrogen and oxygen atoms in total. The normalized spacial score (nSPS) is 13.4. The lowest BCUT2D eigenvalue weighted by Gasteiger charge is -1.98. The molecule has 0 fully saturated rings. The number of nitrogens with one attached hydrogen (secondary N) is 1. The van der Waals surface area contributed by atoms with Crippen LogP contribution >= 0.6 is 11.8 Å². The Bertz CT molecular complexity index is 70.6. The summed E-state index contributed by atoms with van der Waals surface area (Å²) in [6.07, 6.45) is 0. The average Bonchev–Trinajstić information content (AvgIpc) is 1.27. The molecule has 0 aliphatic carbocycles. The Balaban J connectivity index is 3.13. The van der Waals surface area contributed by atoms with Gasteiger partial charge in [0.1, 0.15) is 0 Å². The zero-order chi connectivity index (χ0) is 5.86. The Kier molecular flexibility index (Phi) is 2.78. The number of amidine groups is 1. The Labute approximate surface area is 47.0 Å². The van der Waals surface area contributed by atoms with Crippen LogP contribution < -0.4 is 11.5 Å². The molecule has 0 bridgehead atoms. The van der Waals surface area contributed by atoms with Gasteiger partial charge in [-0.2, -0.15) is 0 Å². The second-order valence-electron chi connectivity index (χ2n) is 1.19. The van der Waals surface area contributed by atoms with E-state index in [1.807, 2.05) is 0 Å². The summed E-state index contributed by atoms with van der Waals surface area (Å²) in [5, 5.41) is 6.71. The molecule has 5 N–H and O–H groups in total. The summed E-state index contributed by atoms with van der Waals surface area (Å²) < 4.78 is 0. The summed E-state index contributed by atoms with van der Waals surface area (Å²) in [4.78, 5) is 0. The number of nitrogens with two attached hydrogens (primary N) is 2. The van der Waals surface area contributed by atoms with Crippen LogP contribution in [0.25, 0.3) is 0 Å². The lowest BCUT2D eigenvalue weighted by molar-refractivity contribution is 1.05. The molecule has 0 aliphatic rings. The molecule has 0 aliphatic heterocycles. The topological polar surface area (TPSA) is 75.9 Å². The van der Waals surface area contributed by atoms with Crippen LogP contribution in [0.4, 0.5) is 0 Å². The van der Waals surface area contributed by atoms with Gasteiger partial charge in [0.2, 0.25) is 0 Å². The van der Waals surface area contributed by atoms with E-state index < -0.39 is 0 Å². The fourth-order valence-electron chi connectivity index (χ4n) is 0.200. The van der Waals surface area contributed by atoms with Gasteiger partial charge in [-0.3, -0.25) is 5.41 Å². The van der Waals surface area contributed by atoms with Gasteiger partial charge in [0.15, 0.2) is 5.17 Å². The second kappa shape index (κ2) is 2.87. The van der Waals surface area contributed by atoms with Crippen molar-refractivity contribution in [1.29, 1.82) is 5.41 Å². The van der Waals surface area contributed by atoms with Crippen LogP contribution in [0, 0.1) is 5.41 Å². The summed E-state index contributed by atoms with van der Waals surface area (Å²) in [5.41, 5.74) is 10.2. The van der Waals surface area contributed by atoms with Crippen LogP contribution in [-0.2, 0) is 0 Å². The first-order valence-corrected chi connectivity index (χ1v) is 2.77. The third kappa shape index (κ3) is 5.78. The molecule has 0 rings (SSSR count). The van der Waals surface area contributed by atoms with Gasteiger partial charge in [0.05, 0.1) is 5.37 Å². The minimum Gasteiger partial charge on any atom is -0.379 e. The predicted octanol–water partition coefficient (Wildman–Crippen LogP) is -0.0822. The lowest BCUT2D eigenvalue weighted by Crippen LogP contribution is -2.16. The molecular weight excluding hydrogens is 110 g/mol. The van der Waals surface area contributed by atoms with E-state index in [0.717, 1.165) is 11.8 Å². The summed E-state index contributed by atoms with van der Waals surface area (Å²) in [7, 11) is 0. The SMILES string of the molecule is CC(N)SC(=N)N. The molecule has 0 aromatic rings. The van der Waals surface area contributed by atoms with E-state index in [1.54, 1.807) is 6.92 Å². The van der Waals surface area contributed by atoms with Gasteiger partial charge < -0.3 is 11.5 Å². The minimum absolute atomic E-state index is 0.0579. The van der Waals surface area contributed by atoms with Crippen molar-refractivity contribution in [2.24, 2.45) is 11.5 Å². The molecule has 0 saturated heterocycles. The predicted molar refractivity (Wildman–Crippen MR) is 33.2 cm³/mol. The van der Waals surface area contributed by atoms with Crippen molar-refractivity contribution < 1.29 is 0 Å². The van der Waals surface area contributed by atoms with E-state index in [0.29, 0.717) is 0 Å². The van der Waals surface area contributed by atoms with Crippen molar-refractivity contribution in [2.75, 3.05) is 0 Å². The van der Waals surface area contributed by atoms with Crippen LogP contribution in [0.2, 0.25) is 0 Å². The summed E-state index contributed by atoms with van der Waals surface area (Å²) in [6.45, 7) is 1.78. The highest BCUT2D eigenvalue weighted by atomic mass is 32.2. The highest BCUT2D eigenvalue weighted by Gasteiger charge is 1.93. The summed E-state index contributed by atoms with van der Waals surface area (Å²) in [5.74, 6) is 0. The largest absolute Gasteiger partial charge is 0.379 e. The number of hydrogen-bond donors (Lipinski definition) is 3. The van der Waals surface area contributed by atoms with E-state index in [2.05, 4.69) is 0 Å². The molecular formula is C3H9N3S. The van der Waals surface area contributed by atoms with Crippen molar-refractivity contribution in [3.63, 3.8) is 0 Å². The molecule has 0 aromatic carbocycles. The zero-order valence-electron chi connectivity index (χ0n) is 4.14. The van der Waals surface area contributed by atoms with Crippen LogP contribution in [0.3, 0.4) is 0 Å². The van der Waals surface area contributed by atoms with Gasteiger partial charge in [0, 0.05) is 0 Å². The van der Waals surface area contributed by atoms with Gasteiger partial charge in [0.25, 0.3) is 0 Å². The first-order chi connectivity index (χ1) is 3.13. The molecule has 7 heavy (non-hydrogen) atoms. The third-order valence-electron chi connectivity index (χ3n) is 0.313. The first-order valence-electron chi connectivity index (χ1n) is 1.89. The van der Waals surface area contributed by atoms with E-state index in [-0.39, 0.29) is 10.5 Å². The van der Waals surface area contributed by atoms with E-state index in [4.69, 9.17) is 16.9 Å². The molecule has 0 radical (unpaired) electrons.